The third-order valence-corrected chi connectivity index (χ3v) is 4.34. The van der Waals surface area contributed by atoms with Crippen molar-refractivity contribution in [3.05, 3.63) is 30.3 Å². The first-order chi connectivity index (χ1) is 11.1. The number of hydrogen-bond donors (Lipinski definition) is 1. The zero-order chi connectivity index (χ0) is 16.7. The van der Waals surface area contributed by atoms with Gasteiger partial charge in [-0.2, -0.15) is 0 Å². The summed E-state index contributed by atoms with van der Waals surface area (Å²) in [4.78, 5) is 26.0. The van der Waals surface area contributed by atoms with Crippen molar-refractivity contribution in [2.75, 3.05) is 33.4 Å². The molecule has 2 rings (SSSR count). The van der Waals surface area contributed by atoms with Gasteiger partial charge in [-0.15, -0.1) is 0 Å². The van der Waals surface area contributed by atoms with Crippen molar-refractivity contribution in [1.29, 1.82) is 0 Å². The number of rotatable bonds is 7. The minimum atomic E-state index is -0.698. The lowest BCUT2D eigenvalue weighted by molar-refractivity contribution is -0.142. The van der Waals surface area contributed by atoms with E-state index in [-0.39, 0.29) is 18.4 Å². The lowest BCUT2D eigenvalue weighted by Gasteiger charge is -2.40. The van der Waals surface area contributed by atoms with Crippen molar-refractivity contribution in [3.63, 3.8) is 0 Å². The highest BCUT2D eigenvalue weighted by Gasteiger charge is 2.41. The van der Waals surface area contributed by atoms with Gasteiger partial charge in [-0.1, -0.05) is 18.2 Å². The van der Waals surface area contributed by atoms with E-state index < -0.39 is 5.41 Å². The standard InChI is InChI=1S/C17H24N2O4/c1-22-11-9-17(16(18)21)8-5-10-19(13-17)15(20)12-23-14-6-3-2-4-7-14/h2-4,6-7H,5,8-13H2,1H3,(H2,18,21). The number of nitrogens with zero attached hydrogens (tertiary/aromatic N) is 1. The van der Waals surface area contributed by atoms with Gasteiger partial charge in [0.05, 0.1) is 5.41 Å². The van der Waals surface area contributed by atoms with Crippen LogP contribution in [0.4, 0.5) is 0 Å². The quantitative estimate of drug-likeness (QED) is 0.818. The molecule has 1 aliphatic heterocycles. The monoisotopic (exact) mass is 320 g/mol. The molecule has 0 spiro atoms. The minimum Gasteiger partial charge on any atom is -0.484 e. The summed E-state index contributed by atoms with van der Waals surface area (Å²) >= 11 is 0. The zero-order valence-corrected chi connectivity index (χ0v) is 13.5. The van der Waals surface area contributed by atoms with E-state index in [9.17, 15) is 9.59 Å². The number of benzene rings is 1. The highest BCUT2D eigenvalue weighted by molar-refractivity contribution is 5.83. The lowest BCUT2D eigenvalue weighted by Crippen LogP contribution is -2.53. The number of ether oxygens (including phenoxy) is 2. The summed E-state index contributed by atoms with van der Waals surface area (Å²) in [5.74, 6) is 0.158. The number of nitrogens with two attached hydrogens (primary N) is 1. The molecule has 1 fully saturated rings. The molecule has 0 bridgehead atoms. The molecule has 23 heavy (non-hydrogen) atoms. The van der Waals surface area contributed by atoms with Gasteiger partial charge in [-0.05, 0) is 31.4 Å². The van der Waals surface area contributed by atoms with Crippen LogP contribution in [0, 0.1) is 5.41 Å². The van der Waals surface area contributed by atoms with Crippen molar-refractivity contribution in [1.82, 2.24) is 4.90 Å². The fraction of sp³-hybridized carbons (Fsp3) is 0.529. The third kappa shape index (κ3) is 4.45. The van der Waals surface area contributed by atoms with Crippen LogP contribution < -0.4 is 10.5 Å². The fourth-order valence-electron chi connectivity index (χ4n) is 2.92. The van der Waals surface area contributed by atoms with Crippen LogP contribution in [0.2, 0.25) is 0 Å². The maximum atomic E-state index is 12.4. The van der Waals surface area contributed by atoms with Crippen molar-refractivity contribution >= 4 is 11.8 Å². The van der Waals surface area contributed by atoms with Crippen LogP contribution in [-0.4, -0.2) is 50.1 Å². The highest BCUT2D eigenvalue weighted by Crippen LogP contribution is 2.33. The first kappa shape index (κ1) is 17.3. The molecule has 126 valence electrons. The number of piperidine rings is 1. The smallest absolute Gasteiger partial charge is 0.260 e. The summed E-state index contributed by atoms with van der Waals surface area (Å²) in [6, 6.07) is 9.19. The molecule has 6 heteroatoms. The molecule has 6 nitrogen and oxygen atoms in total. The SMILES string of the molecule is COCCC1(C(N)=O)CCCN(C(=O)COc2ccccc2)C1. The van der Waals surface area contributed by atoms with Crippen molar-refractivity contribution in [2.45, 2.75) is 19.3 Å². The molecule has 1 aromatic rings. The molecule has 1 atom stereocenters. The summed E-state index contributed by atoms with van der Waals surface area (Å²) in [5, 5.41) is 0. The number of methoxy groups -OCH3 is 1. The predicted molar refractivity (Wildman–Crippen MR) is 85.9 cm³/mol. The summed E-state index contributed by atoms with van der Waals surface area (Å²) < 4.78 is 10.6. The van der Waals surface area contributed by atoms with E-state index in [1.54, 1.807) is 24.1 Å². The Morgan fingerprint density at radius 2 is 2.04 bits per heavy atom. The maximum Gasteiger partial charge on any atom is 0.260 e. The Labute approximate surface area is 136 Å². The second-order valence-corrected chi connectivity index (χ2v) is 5.91. The molecule has 0 saturated carbocycles. The molecule has 1 saturated heterocycles. The Balaban J connectivity index is 1.96. The fourth-order valence-corrected chi connectivity index (χ4v) is 2.92. The Hall–Kier alpha value is -2.08. The van der Waals surface area contributed by atoms with E-state index in [1.165, 1.54) is 0 Å². The van der Waals surface area contributed by atoms with E-state index in [4.69, 9.17) is 15.2 Å². The maximum absolute atomic E-state index is 12.4. The Bertz CT molecular complexity index is 535. The molecule has 1 unspecified atom stereocenters. The van der Waals surface area contributed by atoms with E-state index in [2.05, 4.69) is 0 Å². The van der Waals surface area contributed by atoms with Crippen LogP contribution in [0.3, 0.4) is 0 Å². The molecule has 0 aliphatic carbocycles. The molecule has 1 heterocycles. The molecule has 2 amide bonds. The van der Waals surface area contributed by atoms with E-state index in [0.29, 0.717) is 38.3 Å². The van der Waals surface area contributed by atoms with Crippen LogP contribution in [0.5, 0.6) is 5.75 Å². The number of likely N-dealkylation sites (tertiary alicyclic amines) is 1. The number of carbonyl (C=O) groups is 2. The third-order valence-electron chi connectivity index (χ3n) is 4.34. The lowest BCUT2D eigenvalue weighted by atomic mass is 9.76. The number of para-hydroxylation sites is 1. The second-order valence-electron chi connectivity index (χ2n) is 5.91. The number of amides is 2. The summed E-state index contributed by atoms with van der Waals surface area (Å²) in [6.07, 6.45) is 1.97. The van der Waals surface area contributed by atoms with Crippen molar-refractivity contribution in [2.24, 2.45) is 11.1 Å². The molecule has 0 radical (unpaired) electrons. The van der Waals surface area contributed by atoms with Crippen LogP contribution in [0.15, 0.2) is 30.3 Å². The van der Waals surface area contributed by atoms with E-state index in [1.807, 2.05) is 18.2 Å². The topological polar surface area (TPSA) is 81.9 Å². The second kappa shape index (κ2) is 7.97. The van der Waals surface area contributed by atoms with Crippen LogP contribution in [-0.2, 0) is 14.3 Å². The van der Waals surface area contributed by atoms with Crippen LogP contribution >= 0.6 is 0 Å². The van der Waals surface area contributed by atoms with Crippen LogP contribution in [0.1, 0.15) is 19.3 Å². The summed E-state index contributed by atoms with van der Waals surface area (Å²) in [6.45, 7) is 1.37. The van der Waals surface area contributed by atoms with Crippen molar-refractivity contribution < 1.29 is 19.1 Å². The van der Waals surface area contributed by atoms with Gasteiger partial charge in [0.1, 0.15) is 5.75 Å². The van der Waals surface area contributed by atoms with Crippen LogP contribution in [0.25, 0.3) is 0 Å². The average Bonchev–Trinajstić information content (AvgIpc) is 2.59. The number of primary amides is 1. The van der Waals surface area contributed by atoms with Crippen molar-refractivity contribution in [3.8, 4) is 5.75 Å². The Morgan fingerprint density at radius 1 is 1.30 bits per heavy atom. The molecular formula is C17H24N2O4. The molecule has 0 aromatic heterocycles. The summed E-state index contributed by atoms with van der Waals surface area (Å²) in [5.41, 5.74) is 4.91. The van der Waals surface area contributed by atoms with E-state index in [0.717, 1.165) is 6.42 Å². The van der Waals surface area contributed by atoms with Gasteiger partial charge < -0.3 is 20.1 Å². The first-order valence-corrected chi connectivity index (χ1v) is 7.82. The molecule has 2 N–H and O–H groups in total. The number of hydrogen-bond acceptors (Lipinski definition) is 4. The first-order valence-electron chi connectivity index (χ1n) is 7.82. The zero-order valence-electron chi connectivity index (χ0n) is 13.5. The minimum absolute atomic E-state index is 0.0386. The molecule has 1 aliphatic rings. The van der Waals surface area contributed by atoms with Gasteiger partial charge in [-0.25, -0.2) is 0 Å². The molecular weight excluding hydrogens is 296 g/mol. The Kier molecular flexibility index (Phi) is 5.98. The van der Waals surface area contributed by atoms with Gasteiger partial charge in [0.25, 0.3) is 5.91 Å². The van der Waals surface area contributed by atoms with Gasteiger partial charge >= 0.3 is 0 Å². The highest BCUT2D eigenvalue weighted by atomic mass is 16.5. The van der Waals surface area contributed by atoms with Gasteiger partial charge in [0.15, 0.2) is 6.61 Å². The van der Waals surface area contributed by atoms with E-state index >= 15 is 0 Å². The largest absolute Gasteiger partial charge is 0.484 e. The Morgan fingerprint density at radius 3 is 2.70 bits per heavy atom. The number of carbonyl (C=O) groups excluding carboxylic acids is 2. The summed E-state index contributed by atoms with van der Waals surface area (Å²) in [7, 11) is 1.59. The van der Waals surface area contributed by atoms with Gasteiger partial charge in [0.2, 0.25) is 5.91 Å². The normalized spacial score (nSPS) is 21.0. The average molecular weight is 320 g/mol. The predicted octanol–water partition coefficient (Wildman–Crippen LogP) is 1.20. The molecule has 1 aromatic carbocycles. The van der Waals surface area contributed by atoms with Gasteiger partial charge in [0, 0.05) is 26.8 Å². The van der Waals surface area contributed by atoms with Gasteiger partial charge in [-0.3, -0.25) is 9.59 Å².